The van der Waals surface area contributed by atoms with Crippen molar-refractivity contribution in [2.24, 2.45) is 5.10 Å². The summed E-state index contributed by atoms with van der Waals surface area (Å²) in [4.78, 5) is 12.1. The molecule has 0 aromatic heterocycles. The first-order valence-corrected chi connectivity index (χ1v) is 8.95. The number of rotatable bonds is 8. The largest absolute Gasteiger partial charge is 0.493 e. The van der Waals surface area contributed by atoms with Crippen LogP contribution in [0.4, 0.5) is 0 Å². The van der Waals surface area contributed by atoms with Gasteiger partial charge in [-0.1, -0.05) is 23.2 Å². The third-order valence-electron chi connectivity index (χ3n) is 3.44. The molecule has 0 saturated carbocycles. The third-order valence-corrected chi connectivity index (χ3v) is 3.97. The number of ether oxygens (including phenoxy) is 3. The van der Waals surface area contributed by atoms with E-state index < -0.39 is 12.0 Å². The minimum absolute atomic E-state index is 0.326. The van der Waals surface area contributed by atoms with Crippen LogP contribution in [-0.4, -0.2) is 31.9 Å². The molecule has 2 rings (SSSR count). The van der Waals surface area contributed by atoms with Gasteiger partial charge in [0.1, 0.15) is 5.75 Å². The van der Waals surface area contributed by atoms with E-state index in [1.165, 1.54) is 6.21 Å². The van der Waals surface area contributed by atoms with E-state index in [-0.39, 0.29) is 0 Å². The van der Waals surface area contributed by atoms with Gasteiger partial charge in [0.2, 0.25) is 0 Å². The Bertz CT molecular complexity index is 827. The maximum atomic E-state index is 12.1. The third kappa shape index (κ3) is 6.05. The Labute approximate surface area is 168 Å². The molecule has 8 heteroatoms. The first kappa shape index (κ1) is 20.9. The smallest absolute Gasteiger partial charge is 0.280 e. The fourth-order valence-corrected chi connectivity index (χ4v) is 2.57. The summed E-state index contributed by atoms with van der Waals surface area (Å²) in [6.07, 6.45) is 0.702. The molecule has 0 spiro atoms. The van der Waals surface area contributed by atoms with Gasteiger partial charge in [0, 0.05) is 5.02 Å². The Balaban J connectivity index is 1.95. The summed E-state index contributed by atoms with van der Waals surface area (Å²) in [6.45, 7) is 4.02. The maximum Gasteiger partial charge on any atom is 0.280 e. The Morgan fingerprint density at radius 1 is 1.19 bits per heavy atom. The summed E-state index contributed by atoms with van der Waals surface area (Å²) in [7, 11) is 1.56. The molecular weight excluding hydrogens is 391 g/mol. The summed E-state index contributed by atoms with van der Waals surface area (Å²) < 4.78 is 16.3. The quantitative estimate of drug-likeness (QED) is 0.519. The van der Waals surface area contributed by atoms with Crippen LogP contribution in [0.1, 0.15) is 19.4 Å². The van der Waals surface area contributed by atoms with E-state index in [1.54, 1.807) is 50.4 Å². The summed E-state index contributed by atoms with van der Waals surface area (Å²) in [5.41, 5.74) is 3.16. The molecular formula is C19H20Cl2N2O4. The molecule has 6 nitrogen and oxygen atoms in total. The predicted octanol–water partition coefficient (Wildman–Crippen LogP) is 4.32. The second-order valence-electron chi connectivity index (χ2n) is 5.41. The van der Waals surface area contributed by atoms with E-state index in [2.05, 4.69) is 10.5 Å². The number of halogens is 2. The zero-order chi connectivity index (χ0) is 19.8. The van der Waals surface area contributed by atoms with Crippen LogP contribution < -0.4 is 19.6 Å². The van der Waals surface area contributed by atoms with Crippen LogP contribution in [0.2, 0.25) is 10.0 Å². The average Bonchev–Trinajstić information content (AvgIpc) is 2.65. The lowest BCUT2D eigenvalue weighted by Crippen LogP contribution is -2.33. The molecule has 1 unspecified atom stereocenters. The number of amides is 1. The van der Waals surface area contributed by atoms with Crippen LogP contribution in [0.15, 0.2) is 41.5 Å². The zero-order valence-electron chi connectivity index (χ0n) is 15.2. The molecule has 1 N–H and O–H groups in total. The van der Waals surface area contributed by atoms with E-state index in [0.717, 1.165) is 5.56 Å². The zero-order valence-corrected chi connectivity index (χ0v) is 16.7. The molecule has 1 amide bonds. The highest BCUT2D eigenvalue weighted by atomic mass is 35.5. The van der Waals surface area contributed by atoms with Crippen molar-refractivity contribution < 1.29 is 19.0 Å². The number of carbonyl (C=O) groups excluding carboxylic acids is 1. The van der Waals surface area contributed by atoms with Gasteiger partial charge in [-0.15, -0.1) is 0 Å². The van der Waals surface area contributed by atoms with Gasteiger partial charge in [-0.2, -0.15) is 5.10 Å². The van der Waals surface area contributed by atoms with Gasteiger partial charge in [0.25, 0.3) is 5.91 Å². The highest BCUT2D eigenvalue weighted by Crippen LogP contribution is 2.28. The van der Waals surface area contributed by atoms with Crippen molar-refractivity contribution in [2.75, 3.05) is 13.7 Å². The van der Waals surface area contributed by atoms with E-state index in [9.17, 15) is 4.79 Å². The number of nitrogens with one attached hydrogen (secondary N) is 1. The Morgan fingerprint density at radius 2 is 1.93 bits per heavy atom. The Kier molecular flexibility index (Phi) is 7.76. The van der Waals surface area contributed by atoms with Gasteiger partial charge in [-0.25, -0.2) is 5.43 Å². The van der Waals surface area contributed by atoms with Crippen molar-refractivity contribution in [1.82, 2.24) is 5.43 Å². The Morgan fingerprint density at radius 3 is 2.59 bits per heavy atom. The number of nitrogens with zero attached hydrogens (tertiary/aromatic N) is 1. The lowest BCUT2D eigenvalue weighted by Gasteiger charge is -2.14. The van der Waals surface area contributed by atoms with Crippen LogP contribution in [0.3, 0.4) is 0 Å². The Hall–Kier alpha value is -2.44. The lowest BCUT2D eigenvalue weighted by molar-refractivity contribution is -0.127. The number of hydrogen-bond donors (Lipinski definition) is 1. The van der Waals surface area contributed by atoms with Crippen molar-refractivity contribution in [3.8, 4) is 17.2 Å². The molecule has 0 aliphatic rings. The topological polar surface area (TPSA) is 69.2 Å². The molecule has 2 aromatic carbocycles. The first-order valence-electron chi connectivity index (χ1n) is 8.20. The fourth-order valence-electron chi connectivity index (χ4n) is 2.12. The number of hydrogen-bond acceptors (Lipinski definition) is 5. The van der Waals surface area contributed by atoms with Gasteiger partial charge < -0.3 is 14.2 Å². The van der Waals surface area contributed by atoms with Gasteiger partial charge in [0.15, 0.2) is 17.6 Å². The first-order chi connectivity index (χ1) is 12.9. The van der Waals surface area contributed by atoms with Gasteiger partial charge >= 0.3 is 0 Å². The molecule has 0 radical (unpaired) electrons. The molecule has 0 fully saturated rings. The predicted molar refractivity (Wildman–Crippen MR) is 106 cm³/mol. The molecule has 0 aliphatic carbocycles. The van der Waals surface area contributed by atoms with Crippen LogP contribution in [-0.2, 0) is 4.79 Å². The van der Waals surface area contributed by atoms with Crippen molar-refractivity contribution in [3.05, 3.63) is 52.0 Å². The second kappa shape index (κ2) is 10.0. The van der Waals surface area contributed by atoms with Crippen LogP contribution >= 0.6 is 23.2 Å². The summed E-state index contributed by atoms with van der Waals surface area (Å²) in [5.74, 6) is 1.17. The van der Waals surface area contributed by atoms with Crippen LogP contribution in [0, 0.1) is 0 Å². The van der Waals surface area contributed by atoms with Crippen molar-refractivity contribution in [1.29, 1.82) is 0 Å². The fraction of sp³-hybridized carbons (Fsp3) is 0.263. The number of carbonyl (C=O) groups is 1. The van der Waals surface area contributed by atoms with E-state index in [0.29, 0.717) is 33.9 Å². The number of methoxy groups -OCH3 is 1. The minimum Gasteiger partial charge on any atom is -0.493 e. The lowest BCUT2D eigenvalue weighted by atomic mass is 10.2. The molecule has 0 aliphatic heterocycles. The van der Waals surface area contributed by atoms with E-state index >= 15 is 0 Å². The van der Waals surface area contributed by atoms with E-state index in [1.807, 2.05) is 6.92 Å². The summed E-state index contributed by atoms with van der Waals surface area (Å²) >= 11 is 11.9. The normalized spacial score (nSPS) is 11.9. The standard InChI is InChI=1S/C19H20Cl2N2O4/c1-4-26-17-7-5-13(9-18(17)25-3)11-22-23-19(24)12(2)27-16-8-6-14(20)10-15(16)21/h5-12H,4H2,1-3H3,(H,23,24)/b22-11+. The molecule has 0 heterocycles. The van der Waals surface area contributed by atoms with Crippen molar-refractivity contribution >= 4 is 35.3 Å². The molecule has 0 bridgehead atoms. The van der Waals surface area contributed by atoms with Crippen molar-refractivity contribution in [2.45, 2.75) is 20.0 Å². The van der Waals surface area contributed by atoms with Gasteiger partial charge in [-0.3, -0.25) is 4.79 Å². The van der Waals surface area contributed by atoms with Gasteiger partial charge in [0.05, 0.1) is 25.0 Å². The maximum absolute atomic E-state index is 12.1. The van der Waals surface area contributed by atoms with Crippen LogP contribution in [0.5, 0.6) is 17.2 Å². The number of benzene rings is 2. The summed E-state index contributed by atoms with van der Waals surface area (Å²) in [6, 6.07) is 10.1. The second-order valence-corrected chi connectivity index (χ2v) is 6.26. The monoisotopic (exact) mass is 410 g/mol. The highest BCUT2D eigenvalue weighted by Gasteiger charge is 2.15. The van der Waals surface area contributed by atoms with Gasteiger partial charge in [-0.05, 0) is 55.8 Å². The molecule has 27 heavy (non-hydrogen) atoms. The molecule has 0 saturated heterocycles. The highest BCUT2D eigenvalue weighted by molar-refractivity contribution is 6.35. The minimum atomic E-state index is -0.796. The average molecular weight is 411 g/mol. The molecule has 2 aromatic rings. The molecule has 144 valence electrons. The number of hydrazone groups is 1. The molecule has 1 atom stereocenters. The summed E-state index contributed by atoms with van der Waals surface area (Å²) in [5, 5.41) is 4.75. The van der Waals surface area contributed by atoms with Crippen molar-refractivity contribution in [3.63, 3.8) is 0 Å². The van der Waals surface area contributed by atoms with E-state index in [4.69, 9.17) is 37.4 Å². The SMILES string of the molecule is CCOc1ccc(/C=N/NC(=O)C(C)Oc2ccc(Cl)cc2Cl)cc1OC. The van der Waals surface area contributed by atoms with Crippen LogP contribution in [0.25, 0.3) is 0 Å².